The van der Waals surface area contributed by atoms with Gasteiger partial charge in [0.2, 0.25) is 0 Å². The number of nitrogens with two attached hydrogens (primary N) is 2. The molecule has 1 amide bonds. The fraction of sp³-hybridized carbons (Fsp3) is 0.179. The van der Waals surface area contributed by atoms with E-state index in [-0.39, 0.29) is 29.4 Å². The molecule has 0 aliphatic rings. The molecule has 1 unspecified atom stereocenters. The Hall–Kier alpha value is -3.90. The zero-order chi connectivity index (χ0) is 27.7. The number of amides is 1. The number of terminal acetylenes is 1. The van der Waals surface area contributed by atoms with Gasteiger partial charge in [0.1, 0.15) is 11.9 Å². The lowest BCUT2D eigenvalue weighted by Gasteiger charge is -2.30. The number of aromatic nitrogens is 2. The molecule has 4 rings (SSSR count). The maximum Gasteiger partial charge on any atom is 0.258 e. The monoisotopic (exact) mass is 553 g/mol. The minimum absolute atomic E-state index is 0.0352. The summed E-state index contributed by atoms with van der Waals surface area (Å²) in [5.41, 5.74) is 11.6. The van der Waals surface area contributed by atoms with Gasteiger partial charge in [-0.3, -0.25) is 9.59 Å². The summed E-state index contributed by atoms with van der Waals surface area (Å²) in [5, 5.41) is 0.570. The SMILES string of the molecule is C#CCC(c1nc2cc(Cl)ccc2c(=O)[nH]1)N(CCCN)C(=O)c1cccc(Cl)c1F.Nc1ccccc1. The number of benzene rings is 3. The molecule has 0 aliphatic carbocycles. The summed E-state index contributed by atoms with van der Waals surface area (Å²) in [4.78, 5) is 34.4. The number of rotatable bonds is 7. The fourth-order valence-corrected chi connectivity index (χ4v) is 4.03. The highest BCUT2D eigenvalue weighted by molar-refractivity contribution is 6.31. The van der Waals surface area contributed by atoms with Crippen LogP contribution in [0.4, 0.5) is 10.1 Å². The first-order valence-electron chi connectivity index (χ1n) is 11.6. The number of carbonyl (C=O) groups excluding carboxylic acids is 1. The number of H-pyrrole nitrogens is 1. The lowest BCUT2D eigenvalue weighted by Crippen LogP contribution is -2.38. The van der Waals surface area contributed by atoms with Crippen molar-refractivity contribution in [3.8, 4) is 12.3 Å². The van der Waals surface area contributed by atoms with Crippen LogP contribution in [0.1, 0.15) is 35.1 Å². The second-order valence-electron chi connectivity index (χ2n) is 8.19. The molecule has 196 valence electrons. The molecule has 0 saturated carbocycles. The quantitative estimate of drug-likeness (QED) is 0.215. The average Bonchev–Trinajstić information content (AvgIpc) is 2.90. The molecular weight excluding hydrogens is 528 g/mol. The van der Waals surface area contributed by atoms with Crippen LogP contribution >= 0.6 is 23.2 Å². The van der Waals surface area contributed by atoms with E-state index in [9.17, 15) is 14.0 Å². The molecule has 1 atom stereocenters. The summed E-state index contributed by atoms with van der Waals surface area (Å²) in [7, 11) is 0. The van der Waals surface area contributed by atoms with Gasteiger partial charge in [0.25, 0.3) is 11.5 Å². The highest BCUT2D eigenvalue weighted by atomic mass is 35.5. The number of nitrogens with zero attached hydrogens (tertiary/aromatic N) is 2. The number of halogens is 3. The minimum Gasteiger partial charge on any atom is -0.399 e. The summed E-state index contributed by atoms with van der Waals surface area (Å²) in [6, 6.07) is 17.5. The van der Waals surface area contributed by atoms with Crippen LogP contribution in [0.5, 0.6) is 0 Å². The minimum atomic E-state index is -0.835. The van der Waals surface area contributed by atoms with Gasteiger partial charge in [0.05, 0.1) is 21.5 Å². The molecule has 0 spiro atoms. The van der Waals surface area contributed by atoms with E-state index in [1.165, 1.54) is 23.1 Å². The highest BCUT2D eigenvalue weighted by Crippen LogP contribution is 2.27. The molecular formula is C28H26Cl2FN5O2. The van der Waals surface area contributed by atoms with Crippen LogP contribution in [0.2, 0.25) is 10.0 Å². The maximum atomic E-state index is 14.6. The second-order valence-corrected chi connectivity index (χ2v) is 9.03. The van der Waals surface area contributed by atoms with E-state index in [0.29, 0.717) is 28.9 Å². The van der Waals surface area contributed by atoms with Crippen LogP contribution in [0.3, 0.4) is 0 Å². The van der Waals surface area contributed by atoms with E-state index in [1.807, 2.05) is 30.3 Å². The van der Waals surface area contributed by atoms with Crippen molar-refractivity contribution in [3.63, 3.8) is 0 Å². The van der Waals surface area contributed by atoms with Crippen molar-refractivity contribution in [3.05, 3.63) is 104 Å². The molecule has 4 aromatic rings. The van der Waals surface area contributed by atoms with E-state index < -0.39 is 23.3 Å². The Labute approximate surface area is 229 Å². The number of fused-ring (bicyclic) bond motifs is 1. The predicted octanol–water partition coefficient (Wildman–Crippen LogP) is 5.19. The molecule has 0 saturated heterocycles. The van der Waals surface area contributed by atoms with Crippen molar-refractivity contribution >= 4 is 45.7 Å². The molecule has 0 bridgehead atoms. The molecule has 1 heterocycles. The number of hydrogen-bond donors (Lipinski definition) is 3. The van der Waals surface area contributed by atoms with Gasteiger partial charge in [0, 0.05) is 23.7 Å². The number of anilines is 1. The van der Waals surface area contributed by atoms with Crippen LogP contribution < -0.4 is 17.0 Å². The van der Waals surface area contributed by atoms with Gasteiger partial charge in [-0.25, -0.2) is 9.37 Å². The van der Waals surface area contributed by atoms with Gasteiger partial charge >= 0.3 is 0 Å². The largest absolute Gasteiger partial charge is 0.399 e. The lowest BCUT2D eigenvalue weighted by atomic mass is 10.1. The molecule has 0 radical (unpaired) electrons. The van der Waals surface area contributed by atoms with Crippen molar-refractivity contribution in [1.29, 1.82) is 0 Å². The van der Waals surface area contributed by atoms with Crippen LogP contribution in [0.25, 0.3) is 10.9 Å². The van der Waals surface area contributed by atoms with Gasteiger partial charge < -0.3 is 21.4 Å². The van der Waals surface area contributed by atoms with E-state index in [0.717, 1.165) is 5.69 Å². The number of nitrogen functional groups attached to an aromatic ring is 1. The van der Waals surface area contributed by atoms with Gasteiger partial charge in [0.15, 0.2) is 5.82 Å². The number of para-hydroxylation sites is 1. The zero-order valence-corrected chi connectivity index (χ0v) is 21.8. The normalized spacial score (nSPS) is 11.2. The molecule has 1 aromatic heterocycles. The van der Waals surface area contributed by atoms with Gasteiger partial charge in [-0.1, -0.05) is 47.5 Å². The first kappa shape index (κ1) is 28.7. The third kappa shape index (κ3) is 7.11. The number of hydrogen-bond acceptors (Lipinski definition) is 5. The van der Waals surface area contributed by atoms with E-state index in [1.54, 1.807) is 18.2 Å². The first-order chi connectivity index (χ1) is 18.3. The third-order valence-electron chi connectivity index (χ3n) is 5.54. The Balaban J connectivity index is 0.000000494. The molecule has 10 heteroatoms. The van der Waals surface area contributed by atoms with Crippen molar-refractivity contribution in [2.75, 3.05) is 18.8 Å². The molecule has 0 aliphatic heterocycles. The summed E-state index contributed by atoms with van der Waals surface area (Å²) < 4.78 is 14.6. The Kier molecular flexibility index (Phi) is 10.3. The fourth-order valence-electron chi connectivity index (χ4n) is 3.69. The number of carbonyl (C=O) groups is 1. The van der Waals surface area contributed by atoms with E-state index >= 15 is 0 Å². The lowest BCUT2D eigenvalue weighted by molar-refractivity contribution is 0.0664. The molecule has 38 heavy (non-hydrogen) atoms. The summed E-state index contributed by atoms with van der Waals surface area (Å²) >= 11 is 11.9. The zero-order valence-electron chi connectivity index (χ0n) is 20.3. The van der Waals surface area contributed by atoms with Gasteiger partial charge in [-0.2, -0.15) is 0 Å². The summed E-state index contributed by atoms with van der Waals surface area (Å²) in [5.74, 6) is 1.20. The van der Waals surface area contributed by atoms with Gasteiger partial charge in [-0.05, 0) is 55.4 Å². The Morgan fingerprint density at radius 3 is 2.50 bits per heavy atom. The van der Waals surface area contributed by atoms with Gasteiger partial charge in [-0.15, -0.1) is 12.3 Å². The van der Waals surface area contributed by atoms with Crippen LogP contribution in [-0.2, 0) is 0 Å². The maximum absolute atomic E-state index is 14.6. The number of aromatic amines is 1. The smallest absolute Gasteiger partial charge is 0.258 e. The third-order valence-corrected chi connectivity index (χ3v) is 6.06. The first-order valence-corrected chi connectivity index (χ1v) is 12.4. The van der Waals surface area contributed by atoms with Crippen molar-refractivity contribution in [1.82, 2.24) is 14.9 Å². The molecule has 0 fully saturated rings. The van der Waals surface area contributed by atoms with Crippen molar-refractivity contribution in [2.45, 2.75) is 18.9 Å². The second kappa shape index (κ2) is 13.6. The summed E-state index contributed by atoms with van der Waals surface area (Å²) in [6.45, 7) is 0.465. The molecule has 5 N–H and O–H groups in total. The standard InChI is InChI=1S/C22H19Cl2FN4O2.C6H7N/c1-2-5-18(20-27-17-12-13(23)8-9-14(17)21(30)28-20)29(11-4-10-26)22(31)15-6-3-7-16(24)19(15)25;7-6-4-2-1-3-5-6/h1,3,6-9,12,18H,4-5,10-11,26H2,(H,27,28,30);1-5H,7H2. The van der Waals surface area contributed by atoms with Crippen LogP contribution in [0.15, 0.2) is 71.5 Å². The Morgan fingerprint density at radius 1 is 1.13 bits per heavy atom. The number of nitrogens with one attached hydrogen (secondary N) is 1. The predicted molar refractivity (Wildman–Crippen MR) is 151 cm³/mol. The molecule has 7 nitrogen and oxygen atoms in total. The average molecular weight is 554 g/mol. The van der Waals surface area contributed by atoms with Crippen molar-refractivity contribution in [2.24, 2.45) is 5.73 Å². The topological polar surface area (TPSA) is 118 Å². The summed E-state index contributed by atoms with van der Waals surface area (Å²) in [6.07, 6.45) is 6.02. The van der Waals surface area contributed by atoms with Crippen molar-refractivity contribution < 1.29 is 9.18 Å². The van der Waals surface area contributed by atoms with Crippen LogP contribution in [-0.4, -0.2) is 33.9 Å². The Morgan fingerprint density at radius 2 is 1.87 bits per heavy atom. The van der Waals surface area contributed by atoms with Crippen LogP contribution in [0, 0.1) is 18.2 Å². The van der Waals surface area contributed by atoms with E-state index in [2.05, 4.69) is 15.9 Å². The molecule has 3 aromatic carbocycles. The Bertz CT molecular complexity index is 1510. The highest BCUT2D eigenvalue weighted by Gasteiger charge is 2.29. The van der Waals surface area contributed by atoms with E-state index in [4.69, 9.17) is 41.1 Å².